The van der Waals surface area contributed by atoms with E-state index in [4.69, 9.17) is 10.8 Å². The van der Waals surface area contributed by atoms with Gasteiger partial charge in [0.05, 0.1) is 0 Å². The first-order valence-corrected chi connectivity index (χ1v) is 4.91. The molecular weight excluding hydrogens is 217 g/mol. The van der Waals surface area contributed by atoms with Crippen LogP contribution in [0.4, 0.5) is 4.39 Å². The summed E-state index contributed by atoms with van der Waals surface area (Å²) in [5.74, 6) is 0.223. The van der Waals surface area contributed by atoms with Crippen molar-refractivity contribution in [3.05, 3.63) is 29.6 Å². The maximum absolute atomic E-state index is 13.3. The van der Waals surface area contributed by atoms with Gasteiger partial charge in [0.15, 0.2) is 0 Å². The smallest absolute Gasteiger partial charge is 0.131 e. The average molecular weight is 232 g/mol. The molecule has 3 N–H and O–H groups in total. The maximum atomic E-state index is 13.3. The van der Waals surface area contributed by atoms with Crippen LogP contribution in [0.5, 0.6) is 5.75 Å². The van der Waals surface area contributed by atoms with E-state index >= 15 is 0 Å². The summed E-state index contributed by atoms with van der Waals surface area (Å²) in [6.07, 6.45) is 3.28. The molecule has 1 aromatic carbocycles. The number of aromatic hydroxyl groups is 1. The highest BCUT2D eigenvalue weighted by atomic mass is 35.5. The Hall–Kier alpha value is -0.800. The predicted octanol–water partition coefficient (Wildman–Crippen LogP) is 2.75. The largest absolute Gasteiger partial charge is 0.508 e. The number of hydrogen-bond acceptors (Lipinski definition) is 2. The van der Waals surface area contributed by atoms with Gasteiger partial charge in [0, 0.05) is 17.7 Å². The Morgan fingerprint density at radius 1 is 1.47 bits per heavy atom. The van der Waals surface area contributed by atoms with E-state index in [1.54, 1.807) is 6.07 Å². The molecule has 0 saturated heterocycles. The molecule has 0 radical (unpaired) electrons. The summed E-state index contributed by atoms with van der Waals surface area (Å²) in [7, 11) is 0. The van der Waals surface area contributed by atoms with Crippen LogP contribution in [0.15, 0.2) is 18.2 Å². The van der Waals surface area contributed by atoms with Gasteiger partial charge in [-0.15, -0.1) is 12.4 Å². The number of halogens is 2. The van der Waals surface area contributed by atoms with Gasteiger partial charge >= 0.3 is 0 Å². The summed E-state index contributed by atoms with van der Waals surface area (Å²) >= 11 is 0. The van der Waals surface area contributed by atoms with E-state index in [2.05, 4.69) is 0 Å². The van der Waals surface area contributed by atoms with Crippen LogP contribution in [0.1, 0.15) is 30.9 Å². The third-order valence-electron chi connectivity index (χ3n) is 2.67. The minimum Gasteiger partial charge on any atom is -0.508 e. The topological polar surface area (TPSA) is 46.2 Å². The third kappa shape index (κ3) is 3.08. The number of phenolic OH excluding ortho intramolecular Hbond substituents is 1. The number of hydrogen-bond donors (Lipinski definition) is 2. The van der Waals surface area contributed by atoms with Crippen molar-refractivity contribution in [3.63, 3.8) is 0 Å². The van der Waals surface area contributed by atoms with Crippen molar-refractivity contribution in [2.45, 2.75) is 25.3 Å². The number of phenols is 1. The zero-order chi connectivity index (χ0) is 10.1. The van der Waals surface area contributed by atoms with E-state index in [-0.39, 0.29) is 24.2 Å². The van der Waals surface area contributed by atoms with E-state index in [0.717, 1.165) is 12.5 Å². The standard InChI is InChI=1S/C11H14FNO.ClH/c12-10-6-8(14)3-4-9(10)11(13)5-7-1-2-7;/h3-4,6-7,11,14H,1-2,5,13H2;1H/t11-;/m0./s1. The SMILES string of the molecule is Cl.N[C@@H](CC1CC1)c1ccc(O)cc1F. The molecule has 15 heavy (non-hydrogen) atoms. The Labute approximate surface area is 94.7 Å². The zero-order valence-electron chi connectivity index (χ0n) is 8.32. The second-order valence-corrected chi connectivity index (χ2v) is 3.99. The molecule has 0 unspecified atom stereocenters. The van der Waals surface area contributed by atoms with E-state index in [1.165, 1.54) is 18.9 Å². The Morgan fingerprint density at radius 3 is 2.67 bits per heavy atom. The Kier molecular flexibility index (Phi) is 3.94. The minimum absolute atomic E-state index is 0. The first-order chi connectivity index (χ1) is 6.66. The van der Waals surface area contributed by atoms with Gasteiger partial charge in [-0.05, 0) is 18.4 Å². The highest BCUT2D eigenvalue weighted by molar-refractivity contribution is 5.85. The summed E-state index contributed by atoms with van der Waals surface area (Å²) in [4.78, 5) is 0. The normalized spacial score (nSPS) is 16.9. The zero-order valence-corrected chi connectivity index (χ0v) is 9.14. The summed E-state index contributed by atoms with van der Waals surface area (Å²) in [5.41, 5.74) is 6.37. The molecule has 1 aliphatic rings. The molecule has 0 aliphatic heterocycles. The second kappa shape index (κ2) is 4.81. The van der Waals surface area contributed by atoms with E-state index in [0.29, 0.717) is 11.5 Å². The van der Waals surface area contributed by atoms with Crippen molar-refractivity contribution in [2.24, 2.45) is 11.7 Å². The summed E-state index contributed by atoms with van der Waals surface area (Å²) < 4.78 is 13.3. The van der Waals surface area contributed by atoms with Crippen LogP contribution in [0, 0.1) is 11.7 Å². The number of benzene rings is 1. The van der Waals surface area contributed by atoms with E-state index in [9.17, 15) is 4.39 Å². The number of nitrogens with two attached hydrogens (primary N) is 1. The van der Waals surface area contributed by atoms with Crippen molar-refractivity contribution in [1.29, 1.82) is 0 Å². The summed E-state index contributed by atoms with van der Waals surface area (Å²) in [5, 5.41) is 9.03. The second-order valence-electron chi connectivity index (χ2n) is 3.99. The Morgan fingerprint density at radius 2 is 2.13 bits per heavy atom. The Bertz CT molecular complexity index is 341. The predicted molar refractivity (Wildman–Crippen MR) is 59.6 cm³/mol. The van der Waals surface area contributed by atoms with Gasteiger partial charge in [0.1, 0.15) is 11.6 Å². The van der Waals surface area contributed by atoms with Gasteiger partial charge in [-0.25, -0.2) is 4.39 Å². The van der Waals surface area contributed by atoms with Gasteiger partial charge < -0.3 is 10.8 Å². The molecule has 84 valence electrons. The van der Waals surface area contributed by atoms with Crippen LogP contribution in [0.25, 0.3) is 0 Å². The molecule has 0 heterocycles. The lowest BCUT2D eigenvalue weighted by atomic mass is 10.0. The molecule has 1 aromatic rings. The summed E-state index contributed by atoms with van der Waals surface area (Å²) in [6.45, 7) is 0. The highest BCUT2D eigenvalue weighted by Gasteiger charge is 2.25. The van der Waals surface area contributed by atoms with Crippen LogP contribution >= 0.6 is 12.4 Å². The quantitative estimate of drug-likeness (QED) is 0.840. The van der Waals surface area contributed by atoms with Crippen molar-refractivity contribution in [2.75, 3.05) is 0 Å². The average Bonchev–Trinajstić information content (AvgIpc) is 2.87. The van der Waals surface area contributed by atoms with Gasteiger partial charge in [0.25, 0.3) is 0 Å². The summed E-state index contributed by atoms with van der Waals surface area (Å²) in [6, 6.07) is 3.92. The fraction of sp³-hybridized carbons (Fsp3) is 0.455. The highest BCUT2D eigenvalue weighted by Crippen LogP contribution is 2.37. The van der Waals surface area contributed by atoms with Crippen LogP contribution in [-0.2, 0) is 0 Å². The molecule has 0 spiro atoms. The molecule has 1 fully saturated rings. The molecule has 1 atom stereocenters. The van der Waals surface area contributed by atoms with Crippen molar-refractivity contribution >= 4 is 12.4 Å². The van der Waals surface area contributed by atoms with Gasteiger partial charge in [-0.1, -0.05) is 18.9 Å². The molecular formula is C11H15ClFNO. The molecule has 1 aliphatic carbocycles. The molecule has 0 amide bonds. The van der Waals surface area contributed by atoms with Crippen LogP contribution < -0.4 is 5.73 Å². The first kappa shape index (κ1) is 12.3. The lowest BCUT2D eigenvalue weighted by molar-refractivity contribution is 0.464. The monoisotopic (exact) mass is 231 g/mol. The molecule has 0 bridgehead atoms. The lowest BCUT2D eigenvalue weighted by Crippen LogP contribution is -2.12. The van der Waals surface area contributed by atoms with E-state index < -0.39 is 5.82 Å². The minimum atomic E-state index is -0.404. The fourth-order valence-electron chi connectivity index (χ4n) is 1.66. The maximum Gasteiger partial charge on any atom is 0.131 e. The van der Waals surface area contributed by atoms with Gasteiger partial charge in [0.2, 0.25) is 0 Å². The van der Waals surface area contributed by atoms with E-state index in [1.807, 2.05) is 0 Å². The van der Waals surface area contributed by atoms with Crippen molar-refractivity contribution in [1.82, 2.24) is 0 Å². The molecule has 2 rings (SSSR count). The van der Waals surface area contributed by atoms with Crippen molar-refractivity contribution in [3.8, 4) is 5.75 Å². The molecule has 0 aromatic heterocycles. The van der Waals surface area contributed by atoms with Gasteiger partial charge in [-0.3, -0.25) is 0 Å². The fourth-order valence-corrected chi connectivity index (χ4v) is 1.66. The molecule has 2 nitrogen and oxygen atoms in total. The third-order valence-corrected chi connectivity index (χ3v) is 2.67. The van der Waals surface area contributed by atoms with Crippen LogP contribution in [-0.4, -0.2) is 5.11 Å². The first-order valence-electron chi connectivity index (χ1n) is 4.91. The number of rotatable bonds is 3. The van der Waals surface area contributed by atoms with Crippen molar-refractivity contribution < 1.29 is 9.50 Å². The Balaban J connectivity index is 0.00000112. The molecule has 4 heteroatoms. The van der Waals surface area contributed by atoms with Crippen LogP contribution in [0.3, 0.4) is 0 Å². The molecule has 1 saturated carbocycles. The van der Waals surface area contributed by atoms with Gasteiger partial charge in [-0.2, -0.15) is 0 Å². The van der Waals surface area contributed by atoms with Crippen LogP contribution in [0.2, 0.25) is 0 Å². The lowest BCUT2D eigenvalue weighted by Gasteiger charge is -2.12.